The predicted octanol–water partition coefficient (Wildman–Crippen LogP) is 6.79. The van der Waals surface area contributed by atoms with Crippen LogP contribution < -0.4 is 14.8 Å². The normalized spacial score (nSPS) is 16.8. The molecule has 0 unspecified atom stereocenters. The van der Waals surface area contributed by atoms with Crippen molar-refractivity contribution >= 4 is 50.3 Å². The van der Waals surface area contributed by atoms with Crippen LogP contribution in [-0.4, -0.2) is 60.7 Å². The van der Waals surface area contributed by atoms with Crippen molar-refractivity contribution in [3.05, 3.63) is 71.1 Å². The fourth-order valence-corrected chi connectivity index (χ4v) is 7.13. The maximum absolute atomic E-state index is 15.4. The summed E-state index contributed by atoms with van der Waals surface area (Å²) in [5, 5.41) is 13.4. The molecule has 0 radical (unpaired) electrons. The van der Waals surface area contributed by atoms with Crippen LogP contribution in [0.1, 0.15) is 38.2 Å². The van der Waals surface area contributed by atoms with Gasteiger partial charge in [0.25, 0.3) is 10.0 Å². The number of ether oxygens (including phenoxy) is 1. The lowest BCUT2D eigenvalue weighted by Crippen LogP contribution is -2.41. The number of benzene rings is 3. The highest BCUT2D eigenvalue weighted by Crippen LogP contribution is 2.38. The Hall–Kier alpha value is -4.16. The van der Waals surface area contributed by atoms with E-state index in [9.17, 15) is 18.3 Å². The van der Waals surface area contributed by atoms with Crippen LogP contribution in [0.4, 0.5) is 20.8 Å². The summed E-state index contributed by atoms with van der Waals surface area (Å²) in [5.74, 6) is -0.0172. The monoisotopic (exact) mass is 641 g/mol. The molecule has 3 aromatic carbocycles. The second-order valence-electron chi connectivity index (χ2n) is 10.7. The summed E-state index contributed by atoms with van der Waals surface area (Å²) in [5.41, 5.74) is 2.50. The molecule has 0 aliphatic heterocycles. The molecule has 0 saturated heterocycles. The number of carbonyl (C=O) groups is 1. The quantitative estimate of drug-likeness (QED) is 0.182. The van der Waals surface area contributed by atoms with Crippen LogP contribution in [0.5, 0.6) is 5.75 Å². The highest BCUT2D eigenvalue weighted by Gasteiger charge is 2.27. The summed E-state index contributed by atoms with van der Waals surface area (Å²) in [4.78, 5) is 21.8. The molecule has 1 saturated carbocycles. The number of rotatable bonds is 9. The summed E-state index contributed by atoms with van der Waals surface area (Å²) >= 11 is 6.07. The maximum Gasteiger partial charge on any atom is 0.407 e. The molecule has 10 nitrogen and oxygen atoms in total. The van der Waals surface area contributed by atoms with Gasteiger partial charge in [0.15, 0.2) is 0 Å². The first kappa shape index (κ1) is 31.3. The number of halogens is 2. The van der Waals surface area contributed by atoms with Crippen molar-refractivity contribution < 1.29 is 27.4 Å². The number of hydrogen-bond donors (Lipinski definition) is 3. The van der Waals surface area contributed by atoms with Gasteiger partial charge in [-0.25, -0.2) is 27.6 Å². The number of methoxy groups -OCH3 is 1. The number of nitrogens with zero attached hydrogens (tertiary/aromatic N) is 3. The first-order chi connectivity index (χ1) is 21.0. The van der Waals surface area contributed by atoms with E-state index in [1.807, 2.05) is 19.1 Å². The number of aryl methyl sites for hydroxylation is 1. The smallest absolute Gasteiger partial charge is 0.407 e. The standard InChI is InChI=1S/C31H33ClFN5O5S/c1-4-18-13-19(14-20-17-34-30(36-29(18)20)35-21-9-11-22(12-10-21)38(2)31(39)40)23-15-25(33)26(16-27(23)43-3)37-44(41,42)28-8-6-5-7-24(28)32/h5-8,13-17,21-22,37H,4,9-12H2,1-3H3,(H,39,40)(H,34,35,36). The van der Waals surface area contributed by atoms with E-state index >= 15 is 4.39 Å². The highest BCUT2D eigenvalue weighted by molar-refractivity contribution is 7.92. The lowest BCUT2D eigenvalue weighted by Gasteiger charge is -2.33. The van der Waals surface area contributed by atoms with Gasteiger partial charge in [0.05, 0.1) is 23.3 Å². The van der Waals surface area contributed by atoms with E-state index in [1.165, 1.54) is 42.3 Å². The van der Waals surface area contributed by atoms with Crippen LogP contribution in [0.3, 0.4) is 0 Å². The van der Waals surface area contributed by atoms with Crippen molar-refractivity contribution in [2.24, 2.45) is 0 Å². The van der Waals surface area contributed by atoms with Gasteiger partial charge in [-0.15, -0.1) is 0 Å². The summed E-state index contributed by atoms with van der Waals surface area (Å²) in [7, 11) is -1.12. The molecular formula is C31H33ClFN5O5S. The molecular weight excluding hydrogens is 609 g/mol. The fourth-order valence-electron chi connectivity index (χ4n) is 5.55. The Bertz CT molecular complexity index is 1820. The van der Waals surface area contributed by atoms with Gasteiger partial charge in [-0.2, -0.15) is 0 Å². The molecule has 1 amide bonds. The zero-order valence-electron chi connectivity index (χ0n) is 24.5. The van der Waals surface area contributed by atoms with Crippen molar-refractivity contribution in [2.75, 3.05) is 24.2 Å². The van der Waals surface area contributed by atoms with E-state index in [4.69, 9.17) is 21.3 Å². The van der Waals surface area contributed by atoms with Crippen molar-refractivity contribution in [3.63, 3.8) is 0 Å². The average molecular weight is 642 g/mol. The number of aromatic nitrogens is 2. The molecule has 0 spiro atoms. The van der Waals surface area contributed by atoms with Crippen LogP contribution in [0, 0.1) is 5.82 Å². The number of carboxylic acid groups (broad SMARTS) is 1. The van der Waals surface area contributed by atoms with E-state index in [1.54, 1.807) is 19.3 Å². The number of sulfonamides is 1. The number of hydrogen-bond acceptors (Lipinski definition) is 7. The third kappa shape index (κ3) is 6.51. The molecule has 3 N–H and O–H groups in total. The Kier molecular flexibility index (Phi) is 9.12. The zero-order valence-corrected chi connectivity index (χ0v) is 26.0. The minimum Gasteiger partial charge on any atom is -0.496 e. The largest absolute Gasteiger partial charge is 0.496 e. The first-order valence-electron chi connectivity index (χ1n) is 14.2. The van der Waals surface area contributed by atoms with E-state index in [0.29, 0.717) is 23.5 Å². The van der Waals surface area contributed by atoms with E-state index in [-0.39, 0.29) is 33.4 Å². The Morgan fingerprint density at radius 1 is 1.16 bits per heavy atom. The van der Waals surface area contributed by atoms with Crippen LogP contribution in [0.25, 0.3) is 22.0 Å². The van der Waals surface area contributed by atoms with Gasteiger partial charge in [0.2, 0.25) is 5.95 Å². The first-order valence-corrected chi connectivity index (χ1v) is 16.0. The predicted molar refractivity (Wildman–Crippen MR) is 169 cm³/mol. The fraction of sp³-hybridized carbons (Fsp3) is 0.323. The summed E-state index contributed by atoms with van der Waals surface area (Å²) < 4.78 is 49.1. The molecule has 44 heavy (non-hydrogen) atoms. The molecule has 13 heteroatoms. The Labute approximate surface area is 260 Å². The highest BCUT2D eigenvalue weighted by atomic mass is 35.5. The lowest BCUT2D eigenvalue weighted by molar-refractivity contribution is 0.125. The molecule has 1 aliphatic carbocycles. The molecule has 1 fully saturated rings. The van der Waals surface area contributed by atoms with Gasteiger partial charge in [0.1, 0.15) is 16.5 Å². The van der Waals surface area contributed by atoms with E-state index < -0.39 is 21.9 Å². The third-order valence-electron chi connectivity index (χ3n) is 7.99. The summed E-state index contributed by atoms with van der Waals surface area (Å²) in [6.45, 7) is 2.00. The maximum atomic E-state index is 15.4. The third-order valence-corrected chi connectivity index (χ3v) is 9.86. The molecule has 0 atom stereocenters. The molecule has 0 bridgehead atoms. The van der Waals surface area contributed by atoms with Crippen molar-refractivity contribution in [2.45, 2.75) is 56.0 Å². The van der Waals surface area contributed by atoms with Crippen LogP contribution in [0.2, 0.25) is 5.02 Å². The zero-order chi connectivity index (χ0) is 31.6. The van der Waals surface area contributed by atoms with E-state index in [2.05, 4.69) is 15.0 Å². The van der Waals surface area contributed by atoms with Gasteiger partial charge in [-0.1, -0.05) is 30.7 Å². The van der Waals surface area contributed by atoms with Crippen LogP contribution >= 0.6 is 11.6 Å². The second kappa shape index (κ2) is 12.8. The van der Waals surface area contributed by atoms with Crippen LogP contribution in [0.15, 0.2) is 59.6 Å². The van der Waals surface area contributed by atoms with Crippen molar-refractivity contribution in [1.29, 1.82) is 0 Å². The van der Waals surface area contributed by atoms with Crippen LogP contribution in [-0.2, 0) is 16.4 Å². The number of amides is 1. The molecule has 5 rings (SSSR count). The number of anilines is 2. The Balaban J connectivity index is 1.40. The SMILES string of the molecule is CCc1cc(-c2cc(F)c(NS(=O)(=O)c3ccccc3Cl)cc2OC)cc2cnc(NC3CCC(N(C)C(=O)O)CC3)nc12. The molecule has 1 aliphatic rings. The van der Waals surface area contributed by atoms with Gasteiger partial charge in [-0.05, 0) is 73.6 Å². The van der Waals surface area contributed by atoms with Gasteiger partial charge < -0.3 is 20.1 Å². The molecule has 232 valence electrons. The number of fused-ring (bicyclic) bond motifs is 1. The molecule has 4 aromatic rings. The average Bonchev–Trinajstić information content (AvgIpc) is 3.01. The Morgan fingerprint density at radius 3 is 2.55 bits per heavy atom. The van der Waals surface area contributed by atoms with Crippen molar-refractivity contribution in [1.82, 2.24) is 14.9 Å². The Morgan fingerprint density at radius 2 is 1.89 bits per heavy atom. The summed E-state index contributed by atoms with van der Waals surface area (Å²) in [6, 6.07) is 12.4. The van der Waals surface area contributed by atoms with E-state index in [0.717, 1.165) is 42.1 Å². The topological polar surface area (TPSA) is 134 Å². The van der Waals surface area contributed by atoms with Gasteiger partial charge in [-0.3, -0.25) is 4.72 Å². The van der Waals surface area contributed by atoms with Crippen molar-refractivity contribution in [3.8, 4) is 16.9 Å². The number of nitrogens with one attached hydrogen (secondary N) is 2. The summed E-state index contributed by atoms with van der Waals surface area (Å²) in [6.07, 6.45) is 4.57. The molecule has 1 aromatic heterocycles. The lowest BCUT2D eigenvalue weighted by atomic mass is 9.90. The molecule has 1 heterocycles. The minimum atomic E-state index is -4.16. The minimum absolute atomic E-state index is 0.00613. The second-order valence-corrected chi connectivity index (χ2v) is 12.8. The van der Waals surface area contributed by atoms with Gasteiger partial charge >= 0.3 is 6.09 Å². The van der Waals surface area contributed by atoms with Gasteiger partial charge in [0, 0.05) is 42.3 Å².